The van der Waals surface area contributed by atoms with Gasteiger partial charge in [-0.25, -0.2) is 19.3 Å². The summed E-state index contributed by atoms with van der Waals surface area (Å²) in [7, 11) is 0. The first-order valence-corrected chi connectivity index (χ1v) is 12.3. The number of rotatable bonds is 6. The number of fused-ring (bicyclic) bond motifs is 2. The summed E-state index contributed by atoms with van der Waals surface area (Å²) in [5.74, 6) is 1.71. The Balaban J connectivity index is 1.28. The molecule has 2 saturated carbocycles. The molecule has 10 heteroatoms. The Morgan fingerprint density at radius 2 is 1.81 bits per heavy atom. The van der Waals surface area contributed by atoms with Crippen molar-refractivity contribution >= 4 is 28.4 Å². The first-order chi connectivity index (χ1) is 17.6. The zero-order valence-electron chi connectivity index (χ0n) is 19.4. The monoisotopic (exact) mass is 486 g/mol. The van der Waals surface area contributed by atoms with Crippen molar-refractivity contribution in [3.63, 3.8) is 0 Å². The average Bonchev–Trinajstić information content (AvgIpc) is 3.25. The third-order valence-electron chi connectivity index (χ3n) is 7.65. The Morgan fingerprint density at radius 1 is 0.944 bits per heavy atom. The summed E-state index contributed by atoms with van der Waals surface area (Å²) in [5.41, 5.74) is 2.70. The molecular formula is C26H24F2N8. The van der Waals surface area contributed by atoms with Gasteiger partial charge < -0.3 is 16.0 Å². The van der Waals surface area contributed by atoms with Gasteiger partial charge in [0.1, 0.15) is 11.6 Å². The molecule has 1 aliphatic heterocycles. The molecule has 0 aromatic carbocycles. The molecule has 0 amide bonds. The van der Waals surface area contributed by atoms with Crippen molar-refractivity contribution in [2.24, 2.45) is 11.8 Å². The number of halogens is 2. The van der Waals surface area contributed by atoms with E-state index in [9.17, 15) is 8.78 Å². The van der Waals surface area contributed by atoms with E-state index in [-0.39, 0.29) is 5.82 Å². The first kappa shape index (κ1) is 21.5. The molecule has 3 fully saturated rings. The Bertz CT molecular complexity index is 1460. The molecule has 4 aromatic heterocycles. The zero-order valence-corrected chi connectivity index (χ0v) is 19.4. The number of nitrogens with zero attached hydrogens (tertiary/aromatic N) is 5. The van der Waals surface area contributed by atoms with Crippen LogP contribution in [0.15, 0.2) is 42.9 Å². The molecule has 2 aliphatic carbocycles. The van der Waals surface area contributed by atoms with Crippen molar-refractivity contribution in [1.29, 1.82) is 0 Å². The predicted octanol–water partition coefficient (Wildman–Crippen LogP) is 4.40. The van der Waals surface area contributed by atoms with Gasteiger partial charge in [-0.15, -0.1) is 0 Å². The lowest BCUT2D eigenvalue weighted by Gasteiger charge is -2.27. The van der Waals surface area contributed by atoms with Crippen LogP contribution in [0.1, 0.15) is 30.7 Å². The van der Waals surface area contributed by atoms with Crippen LogP contribution in [0.3, 0.4) is 0 Å². The number of nitrogens with one attached hydrogen (secondary N) is 3. The number of hydrogen-bond donors (Lipinski definition) is 3. The molecule has 1 saturated heterocycles. The Kier molecular flexibility index (Phi) is 5.02. The lowest BCUT2D eigenvalue weighted by atomic mass is 9.79. The van der Waals surface area contributed by atoms with E-state index in [1.807, 2.05) is 6.20 Å². The van der Waals surface area contributed by atoms with Gasteiger partial charge in [-0.3, -0.25) is 4.98 Å². The summed E-state index contributed by atoms with van der Waals surface area (Å²) in [6.07, 6.45) is 8.87. The minimum Gasteiger partial charge on any atom is -0.366 e. The van der Waals surface area contributed by atoms with Crippen LogP contribution in [0.2, 0.25) is 0 Å². The van der Waals surface area contributed by atoms with Gasteiger partial charge in [0.2, 0.25) is 5.95 Å². The van der Waals surface area contributed by atoms with Gasteiger partial charge in [0.05, 0.1) is 11.7 Å². The standard InChI is InChI=1S/C26H24F2N8/c27-18-4-5-20(28)33-25(18)34-21-8-14(6-7-31-21)24-32-19-12-30-9-15(13-2-1-3-13)22(19)26(36-24)35-23-16-10-29-11-17(16)23/h4-9,12-13,16-17,23,29H,1-3,10-11H2,(H,31,33,34)(H,32,35,36)/t16-,17?,23-/m0/s1. The van der Waals surface area contributed by atoms with Crippen molar-refractivity contribution in [2.75, 3.05) is 23.7 Å². The van der Waals surface area contributed by atoms with Gasteiger partial charge in [-0.2, -0.15) is 9.37 Å². The van der Waals surface area contributed by atoms with Crippen LogP contribution in [0, 0.1) is 23.6 Å². The molecule has 4 aromatic rings. The van der Waals surface area contributed by atoms with Crippen molar-refractivity contribution in [3.05, 3.63) is 60.2 Å². The summed E-state index contributed by atoms with van der Waals surface area (Å²) >= 11 is 0. The van der Waals surface area contributed by atoms with Crippen LogP contribution in [-0.4, -0.2) is 44.1 Å². The highest BCUT2D eigenvalue weighted by molar-refractivity contribution is 5.93. The Labute approximate surface area is 206 Å². The lowest BCUT2D eigenvalue weighted by Crippen LogP contribution is -2.22. The first-order valence-electron chi connectivity index (χ1n) is 12.3. The van der Waals surface area contributed by atoms with E-state index >= 15 is 0 Å². The molecule has 5 heterocycles. The third-order valence-corrected chi connectivity index (χ3v) is 7.65. The summed E-state index contributed by atoms with van der Waals surface area (Å²) in [6, 6.07) is 5.89. The predicted molar refractivity (Wildman–Crippen MR) is 132 cm³/mol. The van der Waals surface area contributed by atoms with E-state index in [4.69, 9.17) is 9.97 Å². The molecule has 36 heavy (non-hydrogen) atoms. The fraction of sp³-hybridized carbons (Fsp3) is 0.346. The quantitative estimate of drug-likeness (QED) is 0.345. The Morgan fingerprint density at radius 3 is 2.61 bits per heavy atom. The molecule has 0 spiro atoms. The molecular weight excluding hydrogens is 462 g/mol. The Hall–Kier alpha value is -3.79. The van der Waals surface area contributed by atoms with Crippen LogP contribution in [0.4, 0.5) is 26.2 Å². The van der Waals surface area contributed by atoms with E-state index in [2.05, 4.69) is 30.9 Å². The molecule has 0 radical (unpaired) electrons. The number of pyridine rings is 3. The van der Waals surface area contributed by atoms with Gasteiger partial charge in [0.25, 0.3) is 0 Å². The van der Waals surface area contributed by atoms with E-state index in [1.54, 1.807) is 24.5 Å². The van der Waals surface area contributed by atoms with Crippen LogP contribution in [0.5, 0.6) is 0 Å². The lowest BCUT2D eigenvalue weighted by molar-refractivity contribution is 0.421. The van der Waals surface area contributed by atoms with Crippen molar-refractivity contribution < 1.29 is 8.78 Å². The average molecular weight is 487 g/mol. The largest absolute Gasteiger partial charge is 0.366 e. The fourth-order valence-corrected chi connectivity index (χ4v) is 5.43. The molecule has 3 N–H and O–H groups in total. The second-order valence-electron chi connectivity index (χ2n) is 9.82. The molecule has 1 unspecified atom stereocenters. The number of aromatic nitrogens is 5. The normalized spacial score (nSPS) is 22.8. The highest BCUT2D eigenvalue weighted by Crippen LogP contribution is 2.46. The van der Waals surface area contributed by atoms with Crippen molar-refractivity contribution in [1.82, 2.24) is 30.2 Å². The SMILES string of the molecule is Fc1ccc(F)c(Nc2cc(-c3nc(N[C@@H]4C5CNC[C@@H]54)c4c(C5CCC5)cncc4n3)ccn2)n1. The van der Waals surface area contributed by atoms with Crippen LogP contribution >= 0.6 is 0 Å². The van der Waals surface area contributed by atoms with Crippen molar-refractivity contribution in [3.8, 4) is 11.4 Å². The highest BCUT2D eigenvalue weighted by Gasteiger charge is 2.53. The summed E-state index contributed by atoms with van der Waals surface area (Å²) in [6.45, 7) is 2.05. The van der Waals surface area contributed by atoms with Gasteiger partial charge in [0.15, 0.2) is 17.5 Å². The molecule has 3 atom stereocenters. The van der Waals surface area contributed by atoms with Gasteiger partial charge in [-0.05, 0) is 60.4 Å². The molecule has 8 nitrogen and oxygen atoms in total. The third kappa shape index (κ3) is 3.72. The fourth-order valence-electron chi connectivity index (χ4n) is 5.43. The maximum Gasteiger partial charge on any atom is 0.214 e. The van der Waals surface area contributed by atoms with Crippen LogP contribution in [-0.2, 0) is 0 Å². The van der Waals surface area contributed by atoms with E-state index < -0.39 is 11.8 Å². The molecule has 0 bridgehead atoms. The minimum atomic E-state index is -0.779. The molecule has 3 aliphatic rings. The minimum absolute atomic E-state index is 0.232. The second kappa shape index (κ2) is 8.41. The smallest absolute Gasteiger partial charge is 0.214 e. The zero-order chi connectivity index (χ0) is 24.2. The molecule has 182 valence electrons. The van der Waals surface area contributed by atoms with Crippen molar-refractivity contribution in [2.45, 2.75) is 31.2 Å². The topological polar surface area (TPSA) is 101 Å². The maximum absolute atomic E-state index is 14.1. The number of hydrogen-bond acceptors (Lipinski definition) is 8. The second-order valence-corrected chi connectivity index (χ2v) is 9.82. The van der Waals surface area contributed by atoms with E-state index in [1.165, 1.54) is 12.0 Å². The number of anilines is 3. The summed E-state index contributed by atoms with van der Waals surface area (Å²) < 4.78 is 27.6. The maximum atomic E-state index is 14.1. The van der Waals surface area contributed by atoms with Crippen LogP contribution < -0.4 is 16.0 Å². The van der Waals surface area contributed by atoms with E-state index in [0.717, 1.165) is 54.8 Å². The summed E-state index contributed by atoms with van der Waals surface area (Å²) in [4.78, 5) is 22.2. The van der Waals surface area contributed by atoms with Crippen LogP contribution in [0.25, 0.3) is 22.3 Å². The van der Waals surface area contributed by atoms with Gasteiger partial charge >= 0.3 is 0 Å². The number of piperidine rings is 1. The molecule has 7 rings (SSSR count). The van der Waals surface area contributed by atoms with E-state index in [0.29, 0.717) is 41.0 Å². The summed E-state index contributed by atoms with van der Waals surface area (Å²) in [5, 5.41) is 11.0. The van der Waals surface area contributed by atoms with Gasteiger partial charge in [-0.1, -0.05) is 6.42 Å². The van der Waals surface area contributed by atoms with Gasteiger partial charge in [0, 0.05) is 42.5 Å². The highest BCUT2D eigenvalue weighted by atomic mass is 19.1.